The molecule has 0 saturated heterocycles. The molecule has 1 amide bonds. The molecule has 116 valence electrons. The van der Waals surface area contributed by atoms with Crippen molar-refractivity contribution >= 4 is 11.6 Å². The maximum atomic E-state index is 14.1. The second-order valence-corrected chi connectivity index (χ2v) is 5.89. The van der Waals surface area contributed by atoms with Crippen LogP contribution in [0.15, 0.2) is 12.1 Å². The molecule has 6 heteroatoms. The van der Waals surface area contributed by atoms with Crippen LogP contribution >= 0.6 is 0 Å². The van der Waals surface area contributed by atoms with Gasteiger partial charge in [0.25, 0.3) is 0 Å². The van der Waals surface area contributed by atoms with E-state index < -0.39 is 18.1 Å². The highest BCUT2D eigenvalue weighted by Crippen LogP contribution is 2.36. The van der Waals surface area contributed by atoms with E-state index in [0.29, 0.717) is 11.3 Å². The van der Waals surface area contributed by atoms with E-state index in [1.807, 2.05) is 0 Å². The summed E-state index contributed by atoms with van der Waals surface area (Å²) in [5, 5.41) is 11.7. The van der Waals surface area contributed by atoms with Crippen LogP contribution in [0.5, 0.6) is 0 Å². The summed E-state index contributed by atoms with van der Waals surface area (Å²) in [5.74, 6) is -0.806. The molecule has 0 spiro atoms. The van der Waals surface area contributed by atoms with Crippen molar-refractivity contribution in [3.63, 3.8) is 0 Å². The smallest absolute Gasteiger partial charge is 0.241 e. The van der Waals surface area contributed by atoms with Crippen LogP contribution < -0.4 is 5.32 Å². The fourth-order valence-electron chi connectivity index (χ4n) is 2.44. The lowest BCUT2D eigenvalue weighted by molar-refractivity contribution is -0.119. The van der Waals surface area contributed by atoms with Gasteiger partial charge >= 0.3 is 0 Å². The molecule has 0 fully saturated rings. The molecule has 0 saturated carbocycles. The number of rotatable bonds is 4. The molecule has 1 aromatic carbocycles. The predicted molar refractivity (Wildman–Crippen MR) is 76.5 cm³/mol. The van der Waals surface area contributed by atoms with Crippen LogP contribution in [0.1, 0.15) is 18.1 Å². The highest BCUT2D eigenvalue weighted by Gasteiger charge is 2.38. The third kappa shape index (κ3) is 3.22. The molecule has 2 N–H and O–H groups in total. The molecule has 0 aromatic heterocycles. The Morgan fingerprint density at radius 2 is 2.14 bits per heavy atom. The van der Waals surface area contributed by atoms with Gasteiger partial charge in [-0.25, -0.2) is 8.78 Å². The van der Waals surface area contributed by atoms with Crippen molar-refractivity contribution in [2.75, 3.05) is 26.0 Å². The van der Waals surface area contributed by atoms with Crippen LogP contribution in [-0.2, 0) is 17.6 Å². The number of hydrogen-bond donors (Lipinski definition) is 2. The van der Waals surface area contributed by atoms with E-state index >= 15 is 0 Å². The van der Waals surface area contributed by atoms with E-state index in [-0.39, 0.29) is 30.4 Å². The fraction of sp³-hybridized carbons (Fsp3) is 0.533. The number of carbonyl (C=O) groups excluding carboxylic acids is 1. The number of aliphatic hydroxyl groups excluding tert-OH is 1. The molecule has 0 aliphatic heterocycles. The van der Waals surface area contributed by atoms with Gasteiger partial charge in [0, 0.05) is 18.5 Å². The molecule has 1 aliphatic carbocycles. The summed E-state index contributed by atoms with van der Waals surface area (Å²) < 4.78 is 28.2. The average Bonchev–Trinajstić information content (AvgIpc) is 2.75. The van der Waals surface area contributed by atoms with Crippen LogP contribution in [0.25, 0.3) is 0 Å². The Bertz CT molecular complexity index is 563. The van der Waals surface area contributed by atoms with E-state index in [1.54, 1.807) is 32.0 Å². The number of likely N-dealkylation sites (N-methyl/N-ethyl adjacent to an activating group) is 1. The number of nitrogens with zero attached hydrogens (tertiary/aromatic N) is 1. The largest absolute Gasteiger partial charge is 0.393 e. The van der Waals surface area contributed by atoms with Gasteiger partial charge < -0.3 is 10.4 Å². The molecule has 21 heavy (non-hydrogen) atoms. The minimum atomic E-state index is -1.80. The molecule has 2 atom stereocenters. The van der Waals surface area contributed by atoms with E-state index in [9.17, 15) is 13.6 Å². The van der Waals surface area contributed by atoms with Crippen LogP contribution in [0, 0.1) is 5.82 Å². The van der Waals surface area contributed by atoms with Crippen LogP contribution in [-0.4, -0.2) is 48.3 Å². The number of hydrogen-bond acceptors (Lipinski definition) is 3. The summed E-state index contributed by atoms with van der Waals surface area (Å²) >= 11 is 0. The van der Waals surface area contributed by atoms with E-state index in [0.717, 1.165) is 0 Å². The maximum Gasteiger partial charge on any atom is 0.241 e. The monoisotopic (exact) mass is 298 g/mol. The van der Waals surface area contributed by atoms with Crippen LogP contribution in [0.4, 0.5) is 14.5 Å². The number of halogens is 2. The van der Waals surface area contributed by atoms with Crippen LogP contribution in [0.2, 0.25) is 0 Å². The number of anilines is 1. The van der Waals surface area contributed by atoms with Gasteiger partial charge in [0.05, 0.1) is 12.6 Å². The van der Waals surface area contributed by atoms with Gasteiger partial charge in [0.1, 0.15) is 11.5 Å². The number of amides is 1. The lowest BCUT2D eigenvalue weighted by atomic mass is 10.0. The van der Waals surface area contributed by atoms with Crippen molar-refractivity contribution in [1.29, 1.82) is 0 Å². The zero-order chi connectivity index (χ0) is 15.8. The van der Waals surface area contributed by atoms with Crippen molar-refractivity contribution in [2.24, 2.45) is 0 Å². The van der Waals surface area contributed by atoms with Crippen molar-refractivity contribution in [2.45, 2.75) is 31.5 Å². The standard InChI is InChI=1S/C15H20F2N2O2/c1-9(19(2)3)14(21)18-11-4-10-6-15(17,8-20)7-12(10)13(16)5-11/h4-5,9,20H,6-8H2,1-3H3,(H,18,21)/t9-,15?/m1/s1. The zero-order valence-corrected chi connectivity index (χ0v) is 12.4. The number of carbonyl (C=O) groups is 1. The van der Waals surface area contributed by atoms with Crippen molar-refractivity contribution in [1.82, 2.24) is 4.90 Å². The predicted octanol–water partition coefficient (Wildman–Crippen LogP) is 1.51. The summed E-state index contributed by atoms with van der Waals surface area (Å²) in [6, 6.07) is 2.41. The Hall–Kier alpha value is -1.53. The second-order valence-electron chi connectivity index (χ2n) is 5.89. The SMILES string of the molecule is C[C@H](C(=O)Nc1cc(F)c2c(c1)CC(F)(CO)C2)N(C)C. The molecule has 1 aliphatic rings. The van der Waals surface area contributed by atoms with Gasteiger partial charge in [-0.1, -0.05) is 0 Å². The quantitative estimate of drug-likeness (QED) is 0.886. The molecule has 2 rings (SSSR count). The Kier molecular flexibility index (Phi) is 4.30. The lowest BCUT2D eigenvalue weighted by Gasteiger charge is -2.19. The number of fused-ring (bicyclic) bond motifs is 1. The first kappa shape index (κ1) is 15.9. The van der Waals surface area contributed by atoms with Crippen molar-refractivity contribution < 1.29 is 18.7 Å². The summed E-state index contributed by atoms with van der Waals surface area (Å²) in [6.07, 6.45) is -0.171. The first-order valence-corrected chi connectivity index (χ1v) is 6.84. The highest BCUT2D eigenvalue weighted by atomic mass is 19.1. The Morgan fingerprint density at radius 1 is 1.48 bits per heavy atom. The molecule has 4 nitrogen and oxygen atoms in total. The minimum absolute atomic E-state index is 0.0390. The maximum absolute atomic E-state index is 14.1. The van der Waals surface area contributed by atoms with Gasteiger partial charge in [-0.2, -0.15) is 0 Å². The van der Waals surface area contributed by atoms with E-state index in [2.05, 4.69) is 5.32 Å². The topological polar surface area (TPSA) is 52.6 Å². The van der Waals surface area contributed by atoms with Gasteiger partial charge in [0.15, 0.2) is 0 Å². The van der Waals surface area contributed by atoms with E-state index in [4.69, 9.17) is 5.11 Å². The second kappa shape index (κ2) is 5.69. The summed E-state index contributed by atoms with van der Waals surface area (Å²) in [7, 11) is 3.54. The zero-order valence-electron chi connectivity index (χ0n) is 12.4. The summed E-state index contributed by atoms with van der Waals surface area (Å²) in [5.41, 5.74) is -0.709. The summed E-state index contributed by atoms with van der Waals surface area (Å²) in [4.78, 5) is 13.7. The molecule has 1 unspecified atom stereocenters. The number of aliphatic hydroxyl groups is 1. The third-order valence-electron chi connectivity index (χ3n) is 3.99. The molecular weight excluding hydrogens is 278 g/mol. The number of nitrogens with one attached hydrogen (secondary N) is 1. The third-order valence-corrected chi connectivity index (χ3v) is 3.99. The molecule has 0 bridgehead atoms. The molecule has 0 heterocycles. The average molecular weight is 298 g/mol. The van der Waals surface area contributed by atoms with Crippen LogP contribution in [0.3, 0.4) is 0 Å². The Morgan fingerprint density at radius 3 is 2.71 bits per heavy atom. The minimum Gasteiger partial charge on any atom is -0.393 e. The fourth-order valence-corrected chi connectivity index (χ4v) is 2.44. The Labute approximate surface area is 122 Å². The van der Waals surface area contributed by atoms with Crippen molar-refractivity contribution in [3.05, 3.63) is 29.1 Å². The highest BCUT2D eigenvalue weighted by molar-refractivity contribution is 5.94. The van der Waals surface area contributed by atoms with Gasteiger partial charge in [-0.15, -0.1) is 0 Å². The molecule has 1 aromatic rings. The van der Waals surface area contributed by atoms with E-state index in [1.165, 1.54) is 6.07 Å². The molecular formula is C15H20F2N2O2. The van der Waals surface area contributed by atoms with Gasteiger partial charge in [-0.05, 0) is 44.3 Å². The van der Waals surface area contributed by atoms with Gasteiger partial charge in [-0.3, -0.25) is 9.69 Å². The molecule has 0 radical (unpaired) electrons. The lowest BCUT2D eigenvalue weighted by Crippen LogP contribution is -2.37. The number of alkyl halides is 1. The van der Waals surface area contributed by atoms with Gasteiger partial charge in [0.2, 0.25) is 5.91 Å². The first-order valence-electron chi connectivity index (χ1n) is 6.84. The van der Waals surface area contributed by atoms with Crippen molar-refractivity contribution in [3.8, 4) is 0 Å². The number of benzene rings is 1. The normalized spacial score (nSPS) is 22.2. The Balaban J connectivity index is 2.21. The first-order chi connectivity index (χ1) is 9.75. The summed E-state index contributed by atoms with van der Waals surface area (Å²) in [6.45, 7) is 1.10.